The highest BCUT2D eigenvalue weighted by Crippen LogP contribution is 2.34. The Kier molecular flexibility index (Phi) is 5.61. The molecule has 0 spiro atoms. The zero-order chi connectivity index (χ0) is 22.1. The van der Waals surface area contributed by atoms with E-state index in [4.69, 9.17) is 11.6 Å². The summed E-state index contributed by atoms with van der Waals surface area (Å²) in [6.45, 7) is 4.15. The molecule has 1 aliphatic heterocycles. The smallest absolute Gasteiger partial charge is 0.282 e. The number of carbonyl (C=O) groups excluding carboxylic acids is 2. The summed E-state index contributed by atoms with van der Waals surface area (Å²) in [6.07, 6.45) is 0. The van der Waals surface area contributed by atoms with Crippen LogP contribution in [0.2, 0.25) is 5.02 Å². The van der Waals surface area contributed by atoms with E-state index in [0.717, 1.165) is 10.5 Å². The molecule has 1 heterocycles. The third-order valence-corrected chi connectivity index (χ3v) is 5.40. The van der Waals surface area contributed by atoms with Crippen LogP contribution in [0.15, 0.2) is 78.5 Å². The normalized spacial score (nSPS) is 14.0. The van der Waals surface area contributed by atoms with E-state index in [1.54, 1.807) is 36.4 Å². The number of amides is 2. The fraction of sp³-hybridized carbons (Fsp3) is 0.120. The van der Waals surface area contributed by atoms with E-state index in [2.05, 4.69) is 19.2 Å². The number of imide groups is 1. The minimum Gasteiger partial charge on any atom is -0.350 e. The SMILES string of the molecule is CC(C)c1ccc(N2C(=O)C(Nc3ccc(F)cc3)=C(c3ccc(Cl)cc3)C2=O)cc1. The number of nitrogens with one attached hydrogen (secondary N) is 1. The first-order valence-electron chi connectivity index (χ1n) is 9.86. The molecular weight excluding hydrogens is 415 g/mol. The van der Waals surface area contributed by atoms with Crippen molar-refractivity contribution < 1.29 is 14.0 Å². The summed E-state index contributed by atoms with van der Waals surface area (Å²) in [6, 6.07) is 19.7. The second kappa shape index (κ2) is 8.36. The van der Waals surface area contributed by atoms with E-state index in [1.807, 2.05) is 12.1 Å². The van der Waals surface area contributed by atoms with Gasteiger partial charge in [0.1, 0.15) is 11.5 Å². The Bertz CT molecular complexity index is 1170. The summed E-state index contributed by atoms with van der Waals surface area (Å²) in [5.74, 6) is -0.971. The van der Waals surface area contributed by atoms with Crippen molar-refractivity contribution in [2.24, 2.45) is 0 Å². The van der Waals surface area contributed by atoms with Gasteiger partial charge >= 0.3 is 0 Å². The third-order valence-electron chi connectivity index (χ3n) is 5.15. The molecule has 0 unspecified atom stereocenters. The number of halogens is 2. The van der Waals surface area contributed by atoms with Crippen molar-refractivity contribution in [3.63, 3.8) is 0 Å². The van der Waals surface area contributed by atoms with Gasteiger partial charge in [0.25, 0.3) is 11.8 Å². The second-order valence-electron chi connectivity index (χ2n) is 7.58. The van der Waals surface area contributed by atoms with Gasteiger partial charge in [-0.1, -0.05) is 49.7 Å². The molecule has 0 atom stereocenters. The van der Waals surface area contributed by atoms with E-state index in [-0.39, 0.29) is 11.3 Å². The van der Waals surface area contributed by atoms with Crippen LogP contribution in [0.5, 0.6) is 0 Å². The molecule has 0 saturated carbocycles. The molecule has 156 valence electrons. The molecule has 0 aliphatic carbocycles. The Balaban J connectivity index is 1.77. The zero-order valence-corrected chi connectivity index (χ0v) is 17.8. The average molecular weight is 435 g/mol. The first-order valence-corrected chi connectivity index (χ1v) is 10.2. The van der Waals surface area contributed by atoms with Crippen molar-refractivity contribution >= 4 is 40.4 Å². The maximum atomic E-state index is 13.4. The first-order chi connectivity index (χ1) is 14.8. The van der Waals surface area contributed by atoms with E-state index in [0.29, 0.717) is 27.9 Å². The summed E-state index contributed by atoms with van der Waals surface area (Å²) in [4.78, 5) is 27.9. The number of anilines is 2. The van der Waals surface area contributed by atoms with E-state index in [1.165, 1.54) is 24.3 Å². The van der Waals surface area contributed by atoms with Gasteiger partial charge in [-0.05, 0) is 65.6 Å². The Labute approximate surface area is 185 Å². The van der Waals surface area contributed by atoms with Gasteiger partial charge < -0.3 is 5.32 Å². The predicted octanol–water partition coefficient (Wildman–Crippen LogP) is 6.00. The van der Waals surface area contributed by atoms with Crippen LogP contribution in [0, 0.1) is 5.82 Å². The lowest BCUT2D eigenvalue weighted by Crippen LogP contribution is -2.32. The van der Waals surface area contributed by atoms with Gasteiger partial charge in [0, 0.05) is 10.7 Å². The maximum absolute atomic E-state index is 13.4. The number of hydrogen-bond acceptors (Lipinski definition) is 3. The van der Waals surface area contributed by atoms with Crippen molar-refractivity contribution in [2.45, 2.75) is 19.8 Å². The predicted molar refractivity (Wildman–Crippen MR) is 121 cm³/mol. The van der Waals surface area contributed by atoms with Crippen molar-refractivity contribution in [1.82, 2.24) is 0 Å². The number of carbonyl (C=O) groups is 2. The number of benzene rings is 3. The summed E-state index contributed by atoms with van der Waals surface area (Å²) in [7, 11) is 0. The molecule has 31 heavy (non-hydrogen) atoms. The monoisotopic (exact) mass is 434 g/mol. The fourth-order valence-electron chi connectivity index (χ4n) is 3.45. The molecule has 1 N–H and O–H groups in total. The maximum Gasteiger partial charge on any atom is 0.282 e. The molecule has 4 nitrogen and oxygen atoms in total. The van der Waals surface area contributed by atoms with Crippen molar-refractivity contribution in [2.75, 3.05) is 10.2 Å². The minimum atomic E-state index is -0.475. The van der Waals surface area contributed by atoms with Gasteiger partial charge in [0.15, 0.2) is 0 Å². The van der Waals surface area contributed by atoms with Crippen LogP contribution in [-0.2, 0) is 9.59 Å². The molecule has 0 fully saturated rings. The second-order valence-corrected chi connectivity index (χ2v) is 8.02. The Hall–Kier alpha value is -3.44. The van der Waals surface area contributed by atoms with E-state index in [9.17, 15) is 14.0 Å². The zero-order valence-electron chi connectivity index (χ0n) is 17.0. The van der Waals surface area contributed by atoms with Gasteiger partial charge in [0.2, 0.25) is 0 Å². The number of nitrogens with zero attached hydrogens (tertiary/aromatic N) is 1. The van der Waals surface area contributed by atoms with Crippen molar-refractivity contribution in [3.05, 3.63) is 100 Å². The standard InChI is InChI=1S/C25H20ClFN2O2/c1-15(2)16-5-13-21(14-6-16)29-24(30)22(17-3-7-18(26)8-4-17)23(25(29)31)28-20-11-9-19(27)10-12-20/h3-15,28H,1-2H3. The highest BCUT2D eigenvalue weighted by atomic mass is 35.5. The van der Waals surface area contributed by atoms with Crippen LogP contribution in [0.4, 0.5) is 15.8 Å². The van der Waals surface area contributed by atoms with Crippen LogP contribution in [-0.4, -0.2) is 11.8 Å². The lowest BCUT2D eigenvalue weighted by molar-refractivity contribution is -0.120. The van der Waals surface area contributed by atoms with Gasteiger partial charge in [-0.25, -0.2) is 9.29 Å². The molecule has 3 aromatic carbocycles. The van der Waals surface area contributed by atoms with Crippen LogP contribution in [0.1, 0.15) is 30.9 Å². The third kappa shape index (κ3) is 4.09. The number of hydrogen-bond donors (Lipinski definition) is 1. The Morgan fingerprint density at radius 3 is 2.03 bits per heavy atom. The lowest BCUT2D eigenvalue weighted by atomic mass is 10.0. The molecule has 0 aromatic heterocycles. The molecule has 0 radical (unpaired) electrons. The Morgan fingerprint density at radius 2 is 1.45 bits per heavy atom. The first kappa shape index (κ1) is 20.8. The topological polar surface area (TPSA) is 49.4 Å². The van der Waals surface area contributed by atoms with Crippen molar-refractivity contribution in [3.8, 4) is 0 Å². The lowest BCUT2D eigenvalue weighted by Gasteiger charge is -2.16. The summed E-state index contributed by atoms with van der Waals surface area (Å²) >= 11 is 6.00. The average Bonchev–Trinajstić information content (AvgIpc) is 3.00. The van der Waals surface area contributed by atoms with Crippen LogP contribution < -0.4 is 10.2 Å². The Morgan fingerprint density at radius 1 is 0.839 bits per heavy atom. The molecular formula is C25H20ClFN2O2. The molecule has 2 amide bonds. The molecule has 1 aliphatic rings. The minimum absolute atomic E-state index is 0.131. The summed E-state index contributed by atoms with van der Waals surface area (Å²) < 4.78 is 13.3. The highest BCUT2D eigenvalue weighted by molar-refractivity contribution is 6.46. The molecule has 4 rings (SSSR count). The van der Waals surface area contributed by atoms with E-state index < -0.39 is 17.6 Å². The molecule has 6 heteroatoms. The summed E-state index contributed by atoms with van der Waals surface area (Å²) in [5.41, 5.74) is 3.03. The van der Waals surface area contributed by atoms with Gasteiger partial charge in [-0.3, -0.25) is 9.59 Å². The quantitative estimate of drug-likeness (QED) is 0.501. The van der Waals surface area contributed by atoms with E-state index >= 15 is 0 Å². The van der Waals surface area contributed by atoms with Gasteiger partial charge in [-0.15, -0.1) is 0 Å². The number of rotatable bonds is 5. The van der Waals surface area contributed by atoms with Gasteiger partial charge in [-0.2, -0.15) is 0 Å². The van der Waals surface area contributed by atoms with Crippen LogP contribution in [0.25, 0.3) is 5.57 Å². The molecule has 3 aromatic rings. The van der Waals surface area contributed by atoms with Gasteiger partial charge in [0.05, 0.1) is 11.3 Å². The van der Waals surface area contributed by atoms with Crippen LogP contribution >= 0.6 is 11.6 Å². The van der Waals surface area contributed by atoms with Crippen molar-refractivity contribution in [1.29, 1.82) is 0 Å². The summed E-state index contributed by atoms with van der Waals surface area (Å²) in [5, 5.41) is 3.53. The molecule has 0 saturated heterocycles. The fourth-order valence-corrected chi connectivity index (χ4v) is 3.58. The largest absolute Gasteiger partial charge is 0.350 e. The van der Waals surface area contributed by atoms with Crippen LogP contribution in [0.3, 0.4) is 0 Å². The highest BCUT2D eigenvalue weighted by Gasteiger charge is 2.40. The molecule has 0 bridgehead atoms.